The first kappa shape index (κ1) is 8.17. The lowest BCUT2D eigenvalue weighted by Crippen LogP contribution is -2.13. The van der Waals surface area contributed by atoms with Crippen LogP contribution in [-0.4, -0.2) is 26.2 Å². The summed E-state index contributed by atoms with van der Waals surface area (Å²) in [4.78, 5) is 0. The quantitative estimate of drug-likeness (QED) is 0.472. The van der Waals surface area contributed by atoms with Crippen LogP contribution in [0, 0.1) is 0 Å². The topological polar surface area (TPSA) is 34.1 Å². The van der Waals surface area contributed by atoms with Crippen LogP contribution in [-0.2, 0) is 10.7 Å². The van der Waals surface area contributed by atoms with Gasteiger partial charge in [-0.25, -0.2) is 12.8 Å². The maximum Gasteiger partial charge on any atom is 0.146 e. The SMILES string of the molecule is O=[SH](=O)C(CF)CCl. The van der Waals surface area contributed by atoms with Gasteiger partial charge in [0.25, 0.3) is 0 Å². The predicted molar refractivity (Wildman–Crippen MR) is 30.8 cm³/mol. The van der Waals surface area contributed by atoms with Crippen LogP contribution in [0.5, 0.6) is 0 Å². The highest BCUT2D eigenvalue weighted by atomic mass is 35.5. The van der Waals surface area contributed by atoms with Gasteiger partial charge in [-0.3, -0.25) is 0 Å². The molecule has 0 N–H and O–H groups in total. The summed E-state index contributed by atoms with van der Waals surface area (Å²) in [6.45, 7) is -0.887. The minimum atomic E-state index is -2.67. The first-order valence-electron chi connectivity index (χ1n) is 1.97. The molecule has 0 aromatic carbocycles. The predicted octanol–water partition coefficient (Wildman–Crippen LogP) is 0.175. The zero-order chi connectivity index (χ0) is 6.57. The lowest BCUT2D eigenvalue weighted by Gasteiger charge is -1.94. The number of hydrogen-bond acceptors (Lipinski definition) is 2. The summed E-state index contributed by atoms with van der Waals surface area (Å²) in [5.74, 6) is -0.158. The van der Waals surface area contributed by atoms with E-state index >= 15 is 0 Å². The van der Waals surface area contributed by atoms with Gasteiger partial charge >= 0.3 is 0 Å². The summed E-state index contributed by atoms with van der Waals surface area (Å²) in [5.41, 5.74) is 0. The second-order valence-corrected chi connectivity index (χ2v) is 2.86. The van der Waals surface area contributed by atoms with Crippen molar-refractivity contribution in [3.8, 4) is 0 Å². The molecular formula is C3H6ClFO2S. The second kappa shape index (κ2) is 4.09. The molecule has 0 aliphatic rings. The van der Waals surface area contributed by atoms with Crippen LogP contribution >= 0.6 is 11.6 Å². The summed E-state index contributed by atoms with van der Waals surface area (Å²) in [6, 6.07) is 0. The maximum absolute atomic E-state index is 11.4. The van der Waals surface area contributed by atoms with Gasteiger partial charge in [-0.15, -0.1) is 11.6 Å². The summed E-state index contributed by atoms with van der Waals surface area (Å²) >= 11 is 5.04. The Morgan fingerprint density at radius 3 is 2.12 bits per heavy atom. The van der Waals surface area contributed by atoms with Crippen molar-refractivity contribution in [2.45, 2.75) is 5.25 Å². The normalized spacial score (nSPS) is 14.4. The van der Waals surface area contributed by atoms with E-state index in [9.17, 15) is 12.8 Å². The van der Waals surface area contributed by atoms with Crippen LogP contribution in [0.15, 0.2) is 0 Å². The highest BCUT2D eigenvalue weighted by Gasteiger charge is 2.07. The van der Waals surface area contributed by atoms with Gasteiger partial charge < -0.3 is 0 Å². The molecule has 0 aromatic rings. The van der Waals surface area contributed by atoms with E-state index in [0.29, 0.717) is 0 Å². The van der Waals surface area contributed by atoms with Crippen molar-refractivity contribution < 1.29 is 12.8 Å². The number of hydrogen-bond donors (Lipinski definition) is 1. The average Bonchev–Trinajstić information content (AvgIpc) is 1.69. The van der Waals surface area contributed by atoms with Gasteiger partial charge in [0.15, 0.2) is 0 Å². The fraction of sp³-hybridized carbons (Fsp3) is 1.00. The van der Waals surface area contributed by atoms with Crippen LogP contribution < -0.4 is 0 Å². The molecule has 1 unspecified atom stereocenters. The molecule has 0 aliphatic heterocycles. The van der Waals surface area contributed by atoms with E-state index in [1.807, 2.05) is 0 Å². The first-order valence-corrected chi connectivity index (χ1v) is 3.76. The van der Waals surface area contributed by atoms with Crippen molar-refractivity contribution in [1.82, 2.24) is 0 Å². The molecule has 50 valence electrons. The summed E-state index contributed by atoms with van der Waals surface area (Å²) in [7, 11) is -2.67. The number of alkyl halides is 2. The van der Waals surface area contributed by atoms with Crippen LogP contribution in [0.1, 0.15) is 0 Å². The van der Waals surface area contributed by atoms with Crippen LogP contribution in [0.4, 0.5) is 4.39 Å². The van der Waals surface area contributed by atoms with Gasteiger partial charge in [-0.05, 0) is 0 Å². The second-order valence-electron chi connectivity index (χ2n) is 1.25. The molecule has 0 saturated carbocycles. The Hall–Kier alpha value is 0.170. The van der Waals surface area contributed by atoms with E-state index in [2.05, 4.69) is 0 Å². The maximum atomic E-state index is 11.4. The largest absolute Gasteiger partial charge is 0.250 e. The molecule has 0 spiro atoms. The van der Waals surface area contributed by atoms with Crippen molar-refractivity contribution in [3.63, 3.8) is 0 Å². The zero-order valence-corrected chi connectivity index (χ0v) is 5.66. The van der Waals surface area contributed by atoms with Gasteiger partial charge in [0.05, 0.1) is 0 Å². The third-order valence-electron chi connectivity index (χ3n) is 0.654. The fourth-order valence-electron chi connectivity index (χ4n) is 0.154. The van der Waals surface area contributed by atoms with E-state index in [0.717, 1.165) is 0 Å². The molecule has 0 bridgehead atoms. The van der Waals surface area contributed by atoms with Crippen molar-refractivity contribution in [3.05, 3.63) is 0 Å². The molecule has 0 saturated heterocycles. The molecule has 0 radical (unpaired) electrons. The highest BCUT2D eigenvalue weighted by Crippen LogP contribution is 1.92. The fourth-order valence-corrected chi connectivity index (χ4v) is 0.800. The molecule has 5 heteroatoms. The van der Waals surface area contributed by atoms with Crippen LogP contribution in [0.25, 0.3) is 0 Å². The molecule has 0 aromatic heterocycles. The molecule has 0 aliphatic carbocycles. The Balaban J connectivity index is 3.70. The number of thiol groups is 1. The molecule has 8 heavy (non-hydrogen) atoms. The lowest BCUT2D eigenvalue weighted by molar-refractivity contribution is 0.483. The highest BCUT2D eigenvalue weighted by molar-refractivity contribution is 7.73. The van der Waals surface area contributed by atoms with Crippen molar-refractivity contribution in [2.75, 3.05) is 12.6 Å². The summed E-state index contributed by atoms with van der Waals surface area (Å²) < 4.78 is 31.2. The van der Waals surface area contributed by atoms with E-state index in [4.69, 9.17) is 11.6 Å². The molecule has 0 heterocycles. The Morgan fingerprint density at radius 1 is 1.62 bits per heavy atom. The third kappa shape index (κ3) is 2.47. The van der Waals surface area contributed by atoms with Crippen molar-refractivity contribution >= 4 is 22.3 Å². The van der Waals surface area contributed by atoms with Crippen molar-refractivity contribution in [2.24, 2.45) is 0 Å². The molecule has 0 fully saturated rings. The van der Waals surface area contributed by atoms with Crippen molar-refractivity contribution in [1.29, 1.82) is 0 Å². The van der Waals surface area contributed by atoms with Gasteiger partial charge in [0.1, 0.15) is 22.6 Å². The minimum absolute atomic E-state index is 0.158. The summed E-state index contributed by atoms with van der Waals surface area (Å²) in [6.07, 6.45) is 0. The molecule has 0 rings (SSSR count). The molecule has 2 nitrogen and oxygen atoms in total. The Labute approximate surface area is 53.6 Å². The monoisotopic (exact) mass is 160 g/mol. The first-order chi connectivity index (χ1) is 3.72. The Bertz CT molecular complexity index is 112. The molecular weight excluding hydrogens is 155 g/mol. The number of rotatable bonds is 3. The zero-order valence-electron chi connectivity index (χ0n) is 4.01. The van der Waals surface area contributed by atoms with Crippen LogP contribution in [0.3, 0.4) is 0 Å². The summed E-state index contributed by atoms with van der Waals surface area (Å²) in [5, 5.41) is -0.994. The van der Waals surface area contributed by atoms with E-state index in [1.54, 1.807) is 0 Å². The smallest absolute Gasteiger partial charge is 0.146 e. The van der Waals surface area contributed by atoms with E-state index in [1.165, 1.54) is 0 Å². The van der Waals surface area contributed by atoms with E-state index < -0.39 is 22.6 Å². The Kier molecular flexibility index (Phi) is 4.18. The van der Waals surface area contributed by atoms with Gasteiger partial charge in [0, 0.05) is 5.88 Å². The third-order valence-corrected chi connectivity index (χ3v) is 2.16. The molecule has 1 atom stereocenters. The van der Waals surface area contributed by atoms with Gasteiger partial charge in [-0.1, -0.05) is 0 Å². The van der Waals surface area contributed by atoms with Gasteiger partial charge in [0.2, 0.25) is 0 Å². The standard InChI is InChI=1S/C3H6ClFO2S/c4-1-3(2-5)8(6)7/h3,8H,1-2H2. The lowest BCUT2D eigenvalue weighted by atomic mass is 10.5. The van der Waals surface area contributed by atoms with Crippen LogP contribution in [0.2, 0.25) is 0 Å². The van der Waals surface area contributed by atoms with Gasteiger partial charge in [-0.2, -0.15) is 0 Å². The average molecular weight is 161 g/mol. The minimum Gasteiger partial charge on any atom is -0.250 e. The Morgan fingerprint density at radius 2 is 2.12 bits per heavy atom. The number of halogens is 2. The van der Waals surface area contributed by atoms with E-state index in [-0.39, 0.29) is 5.88 Å². The molecule has 0 amide bonds.